The van der Waals surface area contributed by atoms with Crippen LogP contribution < -0.4 is 0 Å². The highest BCUT2D eigenvalue weighted by Crippen LogP contribution is 2.28. The van der Waals surface area contributed by atoms with Crippen molar-refractivity contribution < 1.29 is 8.42 Å². The number of aliphatic imine (C=N–C) groups is 1. The summed E-state index contributed by atoms with van der Waals surface area (Å²) in [5, 5.41) is 0. The molecule has 4 heteroatoms. The summed E-state index contributed by atoms with van der Waals surface area (Å²) in [6, 6.07) is 0. The van der Waals surface area contributed by atoms with Crippen LogP contribution in [-0.2, 0) is 9.84 Å². The highest BCUT2D eigenvalue weighted by Gasteiger charge is 2.35. The quantitative estimate of drug-likeness (QED) is 0.705. The van der Waals surface area contributed by atoms with Gasteiger partial charge in [0.25, 0.3) is 0 Å². The summed E-state index contributed by atoms with van der Waals surface area (Å²) in [5.41, 5.74) is 1.12. The minimum absolute atomic E-state index is 0.405. The first-order valence-electron chi connectivity index (χ1n) is 4.71. The lowest BCUT2D eigenvalue weighted by Gasteiger charge is -2.25. The van der Waals surface area contributed by atoms with E-state index in [1.807, 2.05) is 6.08 Å². The van der Waals surface area contributed by atoms with Gasteiger partial charge in [-0.05, 0) is 18.4 Å². The fourth-order valence-corrected chi connectivity index (χ4v) is 1.89. The van der Waals surface area contributed by atoms with Gasteiger partial charge in [-0.15, -0.1) is 0 Å². The van der Waals surface area contributed by atoms with Crippen molar-refractivity contribution in [2.24, 2.45) is 10.9 Å². The summed E-state index contributed by atoms with van der Waals surface area (Å²) in [7, 11) is -3.12. The second-order valence-electron chi connectivity index (χ2n) is 4.27. The molecule has 1 aliphatic heterocycles. The van der Waals surface area contributed by atoms with Gasteiger partial charge in [-0.25, -0.2) is 8.42 Å². The van der Waals surface area contributed by atoms with E-state index in [2.05, 4.69) is 18.8 Å². The van der Waals surface area contributed by atoms with Crippen molar-refractivity contribution >= 4 is 16.1 Å². The molecule has 1 atom stereocenters. The van der Waals surface area contributed by atoms with Gasteiger partial charge in [0.2, 0.25) is 0 Å². The number of allylic oxidation sites excluding steroid dienone is 1. The third kappa shape index (κ3) is 2.05. The molecule has 1 aliphatic rings. The van der Waals surface area contributed by atoms with Gasteiger partial charge in [-0.3, -0.25) is 4.99 Å². The summed E-state index contributed by atoms with van der Waals surface area (Å²) in [6.45, 7) is 5.80. The van der Waals surface area contributed by atoms with Crippen molar-refractivity contribution in [1.29, 1.82) is 0 Å². The zero-order chi connectivity index (χ0) is 11.0. The second kappa shape index (κ2) is 3.50. The molecule has 1 unspecified atom stereocenters. The van der Waals surface area contributed by atoms with Gasteiger partial charge in [0.05, 0.1) is 0 Å². The first kappa shape index (κ1) is 11.4. The highest BCUT2D eigenvalue weighted by atomic mass is 32.2. The Hall–Kier alpha value is -0.640. The maximum atomic E-state index is 11.4. The number of dihydropyridines is 1. The molecule has 0 saturated heterocycles. The Morgan fingerprint density at radius 2 is 2.07 bits per heavy atom. The number of sulfone groups is 1. The summed E-state index contributed by atoms with van der Waals surface area (Å²) < 4.78 is 22.9. The molecule has 0 saturated carbocycles. The van der Waals surface area contributed by atoms with E-state index in [9.17, 15) is 8.42 Å². The standard InChI is InChI=1S/C10H17NO2S/c1-8(2)9-5-6-10(3,11-7-9)14(4,12)13/h5,7-8H,6H2,1-4H3. The Balaban J connectivity index is 2.94. The summed E-state index contributed by atoms with van der Waals surface area (Å²) in [4.78, 5) is 3.20. The molecule has 1 heterocycles. The van der Waals surface area contributed by atoms with Crippen LogP contribution in [0.15, 0.2) is 16.6 Å². The molecule has 3 nitrogen and oxygen atoms in total. The first-order chi connectivity index (χ1) is 6.26. The SMILES string of the molecule is CC(C)C1=CCC(C)(S(C)(=O)=O)N=C1. The summed E-state index contributed by atoms with van der Waals surface area (Å²) in [6.07, 6.45) is 5.38. The lowest BCUT2D eigenvalue weighted by atomic mass is 9.99. The van der Waals surface area contributed by atoms with Crippen molar-refractivity contribution in [1.82, 2.24) is 0 Å². The van der Waals surface area contributed by atoms with Crippen molar-refractivity contribution in [3.8, 4) is 0 Å². The molecule has 0 aromatic heterocycles. The summed E-state index contributed by atoms with van der Waals surface area (Å²) >= 11 is 0. The average molecular weight is 215 g/mol. The van der Waals surface area contributed by atoms with Crippen molar-refractivity contribution in [3.63, 3.8) is 0 Å². The lowest BCUT2D eigenvalue weighted by Crippen LogP contribution is -2.34. The molecule has 0 aromatic rings. The van der Waals surface area contributed by atoms with E-state index in [1.165, 1.54) is 6.26 Å². The van der Waals surface area contributed by atoms with Crippen molar-refractivity contribution in [2.75, 3.05) is 6.26 Å². The maximum Gasteiger partial charge on any atom is 0.173 e. The summed E-state index contributed by atoms with van der Waals surface area (Å²) in [5.74, 6) is 0.405. The largest absolute Gasteiger partial charge is 0.270 e. The van der Waals surface area contributed by atoms with Gasteiger partial charge in [0.15, 0.2) is 14.7 Å². The third-order valence-electron chi connectivity index (χ3n) is 2.67. The zero-order valence-electron chi connectivity index (χ0n) is 9.11. The number of nitrogens with zero attached hydrogens (tertiary/aromatic N) is 1. The predicted molar refractivity (Wildman–Crippen MR) is 59.3 cm³/mol. The average Bonchev–Trinajstić information content (AvgIpc) is 2.03. The molecular weight excluding hydrogens is 198 g/mol. The molecule has 0 N–H and O–H groups in total. The molecule has 0 amide bonds. The van der Waals surface area contributed by atoms with E-state index in [1.54, 1.807) is 13.1 Å². The Kier molecular flexibility index (Phi) is 2.86. The van der Waals surface area contributed by atoms with Crippen LogP contribution in [0, 0.1) is 5.92 Å². The number of rotatable bonds is 2. The Morgan fingerprint density at radius 3 is 2.36 bits per heavy atom. The van der Waals surface area contributed by atoms with E-state index >= 15 is 0 Å². The van der Waals surface area contributed by atoms with Crippen LogP contribution in [-0.4, -0.2) is 25.8 Å². The van der Waals surface area contributed by atoms with Gasteiger partial charge < -0.3 is 0 Å². The van der Waals surface area contributed by atoms with Crippen LogP contribution in [0.2, 0.25) is 0 Å². The second-order valence-corrected chi connectivity index (χ2v) is 6.69. The zero-order valence-corrected chi connectivity index (χ0v) is 9.93. The van der Waals surface area contributed by atoms with Gasteiger partial charge in [0.1, 0.15) is 0 Å². The number of hydrogen-bond donors (Lipinski definition) is 0. The van der Waals surface area contributed by atoms with E-state index in [0.29, 0.717) is 12.3 Å². The number of hydrogen-bond acceptors (Lipinski definition) is 3. The normalized spacial score (nSPS) is 27.9. The van der Waals surface area contributed by atoms with E-state index < -0.39 is 14.7 Å². The smallest absolute Gasteiger partial charge is 0.173 e. The molecule has 80 valence electrons. The molecule has 0 aromatic carbocycles. The molecule has 0 bridgehead atoms. The topological polar surface area (TPSA) is 46.5 Å². The van der Waals surface area contributed by atoms with Gasteiger partial charge in [-0.2, -0.15) is 0 Å². The van der Waals surface area contributed by atoms with E-state index in [-0.39, 0.29) is 0 Å². The van der Waals surface area contributed by atoms with Crippen LogP contribution in [0.5, 0.6) is 0 Å². The molecule has 0 radical (unpaired) electrons. The van der Waals surface area contributed by atoms with Crippen LogP contribution in [0.3, 0.4) is 0 Å². The molecule has 0 spiro atoms. The minimum atomic E-state index is -3.12. The monoisotopic (exact) mass is 215 g/mol. The van der Waals surface area contributed by atoms with Crippen molar-refractivity contribution in [2.45, 2.75) is 32.1 Å². The van der Waals surface area contributed by atoms with Crippen molar-refractivity contribution in [3.05, 3.63) is 11.6 Å². The molecule has 0 fully saturated rings. The van der Waals surface area contributed by atoms with E-state index in [4.69, 9.17) is 0 Å². The van der Waals surface area contributed by atoms with Gasteiger partial charge >= 0.3 is 0 Å². The highest BCUT2D eigenvalue weighted by molar-refractivity contribution is 7.92. The molecule has 14 heavy (non-hydrogen) atoms. The van der Waals surface area contributed by atoms with Crippen LogP contribution in [0.1, 0.15) is 27.2 Å². The first-order valence-corrected chi connectivity index (χ1v) is 6.60. The van der Waals surface area contributed by atoms with Crippen LogP contribution in [0.4, 0.5) is 0 Å². The lowest BCUT2D eigenvalue weighted by molar-refractivity contribution is 0.541. The maximum absolute atomic E-state index is 11.4. The Bertz CT molecular complexity index is 379. The molecule has 1 rings (SSSR count). The van der Waals surface area contributed by atoms with Crippen LogP contribution >= 0.6 is 0 Å². The fourth-order valence-electron chi connectivity index (χ4n) is 1.26. The predicted octanol–water partition coefficient (Wildman–Crippen LogP) is 1.80. The van der Waals surface area contributed by atoms with Gasteiger partial charge in [-0.1, -0.05) is 19.9 Å². The fraction of sp³-hybridized carbons (Fsp3) is 0.700. The molecular formula is C10H17NO2S. The van der Waals surface area contributed by atoms with Gasteiger partial charge in [0, 0.05) is 18.9 Å². The third-order valence-corrected chi connectivity index (χ3v) is 4.54. The minimum Gasteiger partial charge on any atom is -0.270 e. The molecule has 0 aliphatic carbocycles. The Labute approximate surface area is 85.8 Å². The Morgan fingerprint density at radius 1 is 1.50 bits per heavy atom. The van der Waals surface area contributed by atoms with E-state index in [0.717, 1.165) is 5.57 Å². The van der Waals surface area contributed by atoms with Crippen LogP contribution in [0.25, 0.3) is 0 Å².